The minimum Gasteiger partial charge on any atom is -0.541 e. The number of thiazole rings is 1. The zero-order valence-electron chi connectivity index (χ0n) is 24.2. The predicted octanol–water partition coefficient (Wildman–Crippen LogP) is -1.10. The number of amides is 4. The number of carbonyl (C=O) groups excluding carboxylic acids is 5. The number of nitrogens with zero attached hydrogens (tertiary/aromatic N) is 5. The second-order valence-corrected chi connectivity index (χ2v) is 13.9. The molecule has 0 radical (unpaired) electrons. The molecule has 1 aliphatic carbocycles. The highest BCUT2D eigenvalue weighted by atomic mass is 32.2. The van der Waals surface area contributed by atoms with Crippen molar-refractivity contribution in [3.05, 3.63) is 11.1 Å². The number of hydrazine groups is 1. The molecule has 4 aliphatic rings. The van der Waals surface area contributed by atoms with Gasteiger partial charge in [0.15, 0.2) is 10.8 Å². The van der Waals surface area contributed by atoms with E-state index in [1.54, 1.807) is 20.8 Å². The van der Waals surface area contributed by atoms with Crippen LogP contribution in [0.15, 0.2) is 10.5 Å². The van der Waals surface area contributed by atoms with Crippen molar-refractivity contribution in [2.45, 2.75) is 73.9 Å². The fraction of sp³-hybridized carbons (Fsp3) is 0.625. The third kappa shape index (κ3) is 5.48. The second kappa shape index (κ2) is 11.2. The molecular weight excluding hydrogens is 603 g/mol. The largest absolute Gasteiger partial charge is 0.541 e. The van der Waals surface area contributed by atoms with Gasteiger partial charge in [0, 0.05) is 24.8 Å². The maximum atomic E-state index is 13.6. The number of nitrogens with one attached hydrogen (secondary N) is 1. The summed E-state index contributed by atoms with van der Waals surface area (Å²) in [5, 5.41) is 8.73. The average Bonchev–Trinajstić information content (AvgIpc) is 3.74. The molecule has 16 nitrogen and oxygen atoms in total. The molecule has 1 aromatic rings. The van der Waals surface area contributed by atoms with E-state index >= 15 is 0 Å². The van der Waals surface area contributed by atoms with Gasteiger partial charge in [-0.15, -0.1) is 11.3 Å². The number of hydrogen-bond acceptors (Lipinski definition) is 14. The normalized spacial score (nSPS) is 26.7. The summed E-state index contributed by atoms with van der Waals surface area (Å²) in [4.78, 5) is 76.8. The number of anilines is 1. The van der Waals surface area contributed by atoms with Crippen LogP contribution in [0, 0.1) is 0 Å². The summed E-state index contributed by atoms with van der Waals surface area (Å²) in [7, 11) is 1.19. The molecule has 4 fully saturated rings. The highest BCUT2D eigenvalue weighted by Crippen LogP contribution is 2.50. The molecule has 5 rings (SSSR count). The Morgan fingerprint density at radius 1 is 1.19 bits per heavy atom. The van der Waals surface area contributed by atoms with Crippen molar-refractivity contribution in [3.8, 4) is 0 Å². The predicted molar refractivity (Wildman–Crippen MR) is 157 cm³/mol. The minimum absolute atomic E-state index is 0.0923. The zero-order valence-corrected chi connectivity index (χ0v) is 25.8. The summed E-state index contributed by atoms with van der Waals surface area (Å²) in [6.45, 7) is 5.45. The van der Waals surface area contributed by atoms with Gasteiger partial charge in [0.25, 0.3) is 5.91 Å². The number of carbonyl (C=O) groups is 5. The Morgan fingerprint density at radius 3 is 2.44 bits per heavy atom. The third-order valence-electron chi connectivity index (χ3n) is 7.58. The van der Waals surface area contributed by atoms with Crippen molar-refractivity contribution in [3.63, 3.8) is 0 Å². The van der Waals surface area contributed by atoms with E-state index in [4.69, 9.17) is 25.8 Å². The number of β-lactam (4-membered cyclic amide) rings is 1. The third-order valence-corrected chi connectivity index (χ3v) is 9.93. The number of thioether (sulfide) groups is 1. The van der Waals surface area contributed by atoms with Crippen LogP contribution < -0.4 is 16.9 Å². The minimum atomic E-state index is -1.54. The molecular formula is C24H33BN8O8S2. The zero-order chi connectivity index (χ0) is 31.3. The Balaban J connectivity index is 1.38. The van der Waals surface area contributed by atoms with Gasteiger partial charge in [0.05, 0.1) is 13.1 Å². The Bertz CT molecular complexity index is 1380. The van der Waals surface area contributed by atoms with Crippen LogP contribution in [0.5, 0.6) is 0 Å². The quantitative estimate of drug-likeness (QED) is 0.0590. The second-order valence-electron chi connectivity index (χ2n) is 11.6. The van der Waals surface area contributed by atoms with E-state index in [0.29, 0.717) is 25.7 Å². The van der Waals surface area contributed by atoms with E-state index in [1.807, 2.05) is 0 Å². The summed E-state index contributed by atoms with van der Waals surface area (Å²) in [5.74, 6) is 3.17. The van der Waals surface area contributed by atoms with Gasteiger partial charge in [-0.05, 0) is 33.6 Å². The van der Waals surface area contributed by atoms with Crippen molar-refractivity contribution >= 4 is 71.8 Å². The van der Waals surface area contributed by atoms with Gasteiger partial charge in [-0.2, -0.15) is 0 Å². The molecule has 3 saturated heterocycles. The molecule has 0 aromatic carbocycles. The van der Waals surface area contributed by atoms with Gasteiger partial charge in [-0.1, -0.05) is 16.9 Å². The number of esters is 1. The summed E-state index contributed by atoms with van der Waals surface area (Å²) < 4.78 is 10.6. The first kappa shape index (κ1) is 30.9. The first-order valence-corrected chi connectivity index (χ1v) is 15.4. The van der Waals surface area contributed by atoms with Crippen molar-refractivity contribution < 1.29 is 38.2 Å². The van der Waals surface area contributed by atoms with Gasteiger partial charge >= 0.3 is 26.0 Å². The topological polar surface area (TPSA) is 212 Å². The SMILES string of the molecule is BOC(=O)[C@@]1(N2CCN(N)C2=O)CN2C(=O)[C@@H](NC(=O)/C(=N\OC3(C(=O)OC(C)(C)C)CCCC3)c3csc(N)n3)[C@H]2S1. The highest BCUT2D eigenvalue weighted by Gasteiger charge is 2.66. The molecule has 232 valence electrons. The van der Waals surface area contributed by atoms with Crippen molar-refractivity contribution in [1.82, 2.24) is 25.1 Å². The van der Waals surface area contributed by atoms with E-state index in [-0.39, 0.29) is 36.2 Å². The fourth-order valence-corrected chi connectivity index (χ4v) is 7.70. The smallest absolute Gasteiger partial charge is 0.353 e. The van der Waals surface area contributed by atoms with Crippen LogP contribution in [0.25, 0.3) is 0 Å². The molecule has 3 atom stereocenters. The molecule has 0 spiro atoms. The lowest BCUT2D eigenvalue weighted by Crippen LogP contribution is -2.68. The lowest BCUT2D eigenvalue weighted by molar-refractivity contribution is -0.183. The average molecular weight is 637 g/mol. The van der Waals surface area contributed by atoms with Crippen LogP contribution in [-0.4, -0.2) is 110 Å². The number of nitrogen functional groups attached to an aromatic ring is 1. The van der Waals surface area contributed by atoms with Gasteiger partial charge in [-0.3, -0.25) is 24.3 Å². The number of ether oxygens (including phenoxy) is 1. The van der Waals surface area contributed by atoms with E-state index in [9.17, 15) is 24.0 Å². The Kier molecular flexibility index (Phi) is 8.02. The van der Waals surface area contributed by atoms with E-state index in [1.165, 1.54) is 23.2 Å². The van der Waals surface area contributed by atoms with Crippen molar-refractivity contribution in [2.75, 3.05) is 25.4 Å². The number of aromatic nitrogens is 1. The van der Waals surface area contributed by atoms with Crippen molar-refractivity contribution in [1.29, 1.82) is 0 Å². The van der Waals surface area contributed by atoms with Crippen molar-refractivity contribution in [2.24, 2.45) is 11.0 Å². The maximum absolute atomic E-state index is 13.6. The van der Waals surface area contributed by atoms with Gasteiger partial charge in [0.2, 0.25) is 16.4 Å². The molecule has 43 heavy (non-hydrogen) atoms. The van der Waals surface area contributed by atoms with E-state index in [2.05, 4.69) is 15.5 Å². The van der Waals surface area contributed by atoms with Gasteiger partial charge in [-0.25, -0.2) is 20.4 Å². The first-order valence-electron chi connectivity index (χ1n) is 13.6. The molecule has 4 amide bonds. The molecule has 4 heterocycles. The Hall–Kier alpha value is -3.58. The van der Waals surface area contributed by atoms with Crippen LogP contribution >= 0.6 is 23.1 Å². The molecule has 1 saturated carbocycles. The highest BCUT2D eigenvalue weighted by molar-refractivity contribution is 8.02. The van der Waals surface area contributed by atoms with Crippen LogP contribution in [-0.2, 0) is 33.4 Å². The van der Waals surface area contributed by atoms with Gasteiger partial charge < -0.3 is 30.2 Å². The number of hydrogen-bond donors (Lipinski definition) is 3. The summed E-state index contributed by atoms with van der Waals surface area (Å²) >= 11 is 2.10. The first-order chi connectivity index (χ1) is 20.2. The Morgan fingerprint density at radius 2 is 1.88 bits per heavy atom. The van der Waals surface area contributed by atoms with E-state index in [0.717, 1.165) is 28.1 Å². The standard InChI is InChI=1S/C24H33BN8O8S2/c1-22(2,3)39-18(36)23(6-4-5-7-23)41-30-13(12-10-42-20(26)28-12)15(34)29-14-16(35)31-11-24(19(37)40-25,43-17(14)31)32-8-9-33(27)21(32)38/h10,14,17H,4-9,11,25,27H2,1-3H3,(H2,26,28)(H,29,34)/b30-13-/t14-,17-,24-/m1/s1. The molecule has 0 bridgehead atoms. The monoisotopic (exact) mass is 636 g/mol. The Labute approximate surface area is 256 Å². The molecule has 0 unspecified atom stereocenters. The van der Waals surface area contributed by atoms with Gasteiger partial charge in [0.1, 0.15) is 22.7 Å². The maximum Gasteiger partial charge on any atom is 0.353 e. The lowest BCUT2D eigenvalue weighted by Gasteiger charge is -2.41. The molecule has 1 aromatic heterocycles. The number of fused-ring (bicyclic) bond motifs is 1. The lowest BCUT2D eigenvalue weighted by atomic mass is 10.0. The van der Waals surface area contributed by atoms with Crippen LogP contribution in [0.2, 0.25) is 0 Å². The molecule has 19 heteroatoms. The summed E-state index contributed by atoms with van der Waals surface area (Å²) in [6.07, 6.45) is 2.10. The summed E-state index contributed by atoms with van der Waals surface area (Å²) in [5.41, 5.74) is 3.47. The molecule has 5 N–H and O–H groups in total. The fourth-order valence-electron chi connectivity index (χ4n) is 5.44. The van der Waals surface area contributed by atoms with Crippen LogP contribution in [0.4, 0.5) is 9.93 Å². The van der Waals surface area contributed by atoms with Crippen LogP contribution in [0.1, 0.15) is 52.1 Å². The number of oxime groups is 1. The van der Waals surface area contributed by atoms with Crippen LogP contribution in [0.3, 0.4) is 0 Å². The number of urea groups is 1. The number of rotatable bonds is 8. The molecule has 3 aliphatic heterocycles. The van der Waals surface area contributed by atoms with E-state index < -0.39 is 57.3 Å². The number of nitrogens with two attached hydrogens (primary N) is 2. The summed E-state index contributed by atoms with van der Waals surface area (Å²) in [6, 6.07) is -1.64.